The molecule has 1 fully saturated rings. The molecule has 6 heteroatoms. The van der Waals surface area contributed by atoms with Gasteiger partial charge in [-0.2, -0.15) is 0 Å². The highest BCUT2D eigenvalue weighted by Gasteiger charge is 2.46. The number of hydrogen-bond acceptors (Lipinski definition) is 6. The van der Waals surface area contributed by atoms with E-state index in [1.807, 2.05) is 20.8 Å². The molecule has 0 N–H and O–H groups in total. The summed E-state index contributed by atoms with van der Waals surface area (Å²) in [5.74, 6) is -1.46. The zero-order valence-electron chi connectivity index (χ0n) is 15.9. The molecule has 0 aromatic rings. The van der Waals surface area contributed by atoms with Gasteiger partial charge in [-0.05, 0) is 33.1 Å². The second-order valence-corrected chi connectivity index (χ2v) is 6.97. The molecule has 6 nitrogen and oxygen atoms in total. The van der Waals surface area contributed by atoms with Crippen molar-refractivity contribution in [2.24, 2.45) is 5.41 Å². The van der Waals surface area contributed by atoms with Gasteiger partial charge in [-0.25, -0.2) is 9.59 Å². The molecule has 1 aliphatic heterocycles. The minimum absolute atomic E-state index is 0.252. The number of hydrogen-bond donors (Lipinski definition) is 0. The van der Waals surface area contributed by atoms with Gasteiger partial charge in [0.25, 0.3) is 0 Å². The maximum absolute atomic E-state index is 12.9. The quantitative estimate of drug-likeness (QED) is 0.359. The van der Waals surface area contributed by atoms with E-state index in [-0.39, 0.29) is 6.10 Å². The lowest BCUT2D eigenvalue weighted by Crippen LogP contribution is -2.44. The monoisotopic (exact) mass is 354 g/mol. The van der Waals surface area contributed by atoms with Gasteiger partial charge < -0.3 is 14.2 Å². The second kappa shape index (κ2) is 8.50. The molecular formula is C19H30O6. The van der Waals surface area contributed by atoms with E-state index < -0.39 is 35.0 Å². The van der Waals surface area contributed by atoms with Gasteiger partial charge in [-0.1, -0.05) is 27.4 Å². The van der Waals surface area contributed by atoms with Crippen molar-refractivity contribution in [3.8, 4) is 0 Å². The maximum atomic E-state index is 12.9. The summed E-state index contributed by atoms with van der Waals surface area (Å²) in [4.78, 5) is 36.3. The van der Waals surface area contributed by atoms with Crippen LogP contribution < -0.4 is 0 Å². The van der Waals surface area contributed by atoms with Gasteiger partial charge in [0.2, 0.25) is 6.10 Å². The highest BCUT2D eigenvalue weighted by atomic mass is 16.6. The van der Waals surface area contributed by atoms with Crippen molar-refractivity contribution in [3.63, 3.8) is 0 Å². The Labute approximate surface area is 149 Å². The first-order valence-electron chi connectivity index (χ1n) is 8.92. The molecule has 3 atom stereocenters. The van der Waals surface area contributed by atoms with Crippen LogP contribution in [0, 0.1) is 5.41 Å². The molecule has 0 bridgehead atoms. The molecule has 1 rings (SSSR count). The van der Waals surface area contributed by atoms with Crippen molar-refractivity contribution in [1.82, 2.24) is 0 Å². The van der Waals surface area contributed by atoms with Crippen molar-refractivity contribution >= 4 is 17.9 Å². The van der Waals surface area contributed by atoms with Gasteiger partial charge in [-0.3, -0.25) is 4.79 Å². The molecule has 1 saturated heterocycles. The van der Waals surface area contributed by atoms with E-state index in [4.69, 9.17) is 14.2 Å². The molecule has 25 heavy (non-hydrogen) atoms. The standard InChI is InChI=1S/C19H30O6/c1-7-15(20)25-18(6,8-2)12-19(9-3,10-4)17(22)24-14-11-13(5)23-16(14)21/h7,13-14H,1,8-12H2,2-6H3. The first-order chi connectivity index (χ1) is 11.6. The summed E-state index contributed by atoms with van der Waals surface area (Å²) < 4.78 is 16.0. The number of ether oxygens (including phenoxy) is 3. The number of esters is 3. The number of carbonyl (C=O) groups excluding carboxylic acids is 3. The van der Waals surface area contributed by atoms with Crippen LogP contribution in [0.5, 0.6) is 0 Å². The Morgan fingerprint density at radius 2 is 1.88 bits per heavy atom. The van der Waals surface area contributed by atoms with E-state index in [1.54, 1.807) is 13.8 Å². The van der Waals surface area contributed by atoms with E-state index in [9.17, 15) is 14.4 Å². The van der Waals surface area contributed by atoms with Crippen molar-refractivity contribution in [2.45, 2.75) is 84.5 Å². The number of carbonyl (C=O) groups is 3. The van der Waals surface area contributed by atoms with E-state index in [1.165, 1.54) is 0 Å². The van der Waals surface area contributed by atoms with Crippen LogP contribution in [0.25, 0.3) is 0 Å². The Kier molecular flexibility index (Phi) is 7.20. The van der Waals surface area contributed by atoms with Crippen molar-refractivity contribution in [1.29, 1.82) is 0 Å². The Bertz CT molecular complexity index is 522. The minimum atomic E-state index is -0.858. The predicted molar refractivity (Wildman–Crippen MR) is 92.7 cm³/mol. The Morgan fingerprint density at radius 3 is 2.28 bits per heavy atom. The molecule has 0 amide bonds. The van der Waals surface area contributed by atoms with E-state index >= 15 is 0 Å². The SMILES string of the molecule is C=CC(=O)OC(C)(CC)CC(CC)(CC)C(=O)OC1CC(C)OC1=O. The maximum Gasteiger partial charge on any atom is 0.347 e. The molecule has 0 spiro atoms. The fourth-order valence-electron chi connectivity index (χ4n) is 3.16. The minimum Gasteiger partial charge on any atom is -0.460 e. The molecule has 0 aromatic carbocycles. The third kappa shape index (κ3) is 5.06. The summed E-state index contributed by atoms with van der Waals surface area (Å²) in [5.41, 5.74) is -1.65. The lowest BCUT2D eigenvalue weighted by molar-refractivity contribution is -0.176. The Balaban J connectivity index is 2.97. The molecular weight excluding hydrogens is 324 g/mol. The predicted octanol–water partition coefficient (Wildman–Crippen LogP) is 3.33. The van der Waals surface area contributed by atoms with Crippen LogP contribution in [0.4, 0.5) is 0 Å². The van der Waals surface area contributed by atoms with Crippen LogP contribution in [0.15, 0.2) is 12.7 Å². The highest BCUT2D eigenvalue weighted by molar-refractivity contribution is 5.84. The third-order valence-electron chi connectivity index (χ3n) is 5.14. The summed E-state index contributed by atoms with van der Waals surface area (Å²) in [6.07, 6.45) is 2.26. The molecule has 0 saturated carbocycles. The van der Waals surface area contributed by atoms with Gasteiger partial charge in [-0.15, -0.1) is 0 Å². The molecule has 1 heterocycles. The van der Waals surface area contributed by atoms with Crippen molar-refractivity contribution < 1.29 is 28.6 Å². The van der Waals surface area contributed by atoms with Crippen LogP contribution in [0.1, 0.15) is 66.7 Å². The average Bonchev–Trinajstić information content (AvgIpc) is 2.89. The summed E-state index contributed by atoms with van der Waals surface area (Å²) >= 11 is 0. The second-order valence-electron chi connectivity index (χ2n) is 6.97. The van der Waals surface area contributed by atoms with Gasteiger partial charge >= 0.3 is 17.9 Å². The van der Waals surface area contributed by atoms with E-state index in [2.05, 4.69) is 6.58 Å². The first kappa shape index (κ1) is 21.2. The average molecular weight is 354 g/mol. The molecule has 1 aliphatic rings. The van der Waals surface area contributed by atoms with Gasteiger partial charge in [0.15, 0.2) is 0 Å². The molecule has 3 unspecified atom stereocenters. The summed E-state index contributed by atoms with van der Waals surface area (Å²) in [6, 6.07) is 0. The number of rotatable bonds is 9. The molecule has 0 aliphatic carbocycles. The Morgan fingerprint density at radius 1 is 1.28 bits per heavy atom. The van der Waals surface area contributed by atoms with E-state index in [0.717, 1.165) is 6.08 Å². The van der Waals surface area contributed by atoms with Crippen LogP contribution >= 0.6 is 0 Å². The summed E-state index contributed by atoms with van der Waals surface area (Å²) in [6.45, 7) is 12.7. The van der Waals surface area contributed by atoms with Crippen LogP contribution in [0.2, 0.25) is 0 Å². The normalized spacial score (nSPS) is 22.7. The highest BCUT2D eigenvalue weighted by Crippen LogP contribution is 2.40. The molecule has 142 valence electrons. The van der Waals surface area contributed by atoms with Crippen LogP contribution in [0.3, 0.4) is 0 Å². The fraction of sp³-hybridized carbons (Fsp3) is 0.737. The van der Waals surface area contributed by atoms with Gasteiger partial charge in [0.1, 0.15) is 11.7 Å². The lowest BCUT2D eigenvalue weighted by Gasteiger charge is -2.38. The summed E-state index contributed by atoms with van der Waals surface area (Å²) in [7, 11) is 0. The Hall–Kier alpha value is -1.85. The van der Waals surface area contributed by atoms with Crippen molar-refractivity contribution in [3.05, 3.63) is 12.7 Å². The third-order valence-corrected chi connectivity index (χ3v) is 5.14. The zero-order chi connectivity index (χ0) is 19.3. The molecule has 0 aromatic heterocycles. The van der Waals surface area contributed by atoms with Crippen LogP contribution in [-0.4, -0.2) is 35.7 Å². The molecule has 0 radical (unpaired) electrons. The van der Waals surface area contributed by atoms with Gasteiger partial charge in [0, 0.05) is 18.9 Å². The van der Waals surface area contributed by atoms with Crippen LogP contribution in [-0.2, 0) is 28.6 Å². The largest absolute Gasteiger partial charge is 0.460 e. The van der Waals surface area contributed by atoms with Crippen molar-refractivity contribution in [2.75, 3.05) is 0 Å². The zero-order valence-corrected chi connectivity index (χ0v) is 15.9. The number of cyclic esters (lactones) is 1. The summed E-state index contributed by atoms with van der Waals surface area (Å²) in [5, 5.41) is 0. The van der Waals surface area contributed by atoms with Gasteiger partial charge in [0.05, 0.1) is 5.41 Å². The fourth-order valence-corrected chi connectivity index (χ4v) is 3.16. The topological polar surface area (TPSA) is 78.9 Å². The first-order valence-corrected chi connectivity index (χ1v) is 8.92. The smallest absolute Gasteiger partial charge is 0.347 e. The van der Waals surface area contributed by atoms with E-state index in [0.29, 0.717) is 32.1 Å². The lowest BCUT2D eigenvalue weighted by atomic mass is 9.73.